The van der Waals surface area contributed by atoms with Crippen LogP contribution in [0.1, 0.15) is 42.3 Å². The van der Waals surface area contributed by atoms with Crippen molar-refractivity contribution in [3.8, 4) is 0 Å². The van der Waals surface area contributed by atoms with Crippen LogP contribution in [0, 0.1) is 0 Å². The van der Waals surface area contributed by atoms with Crippen LogP contribution in [0.3, 0.4) is 0 Å². The van der Waals surface area contributed by atoms with E-state index in [9.17, 15) is 4.79 Å². The van der Waals surface area contributed by atoms with Gasteiger partial charge in [0.25, 0.3) is 0 Å². The molecule has 150 valence electrons. The lowest BCUT2D eigenvalue weighted by Crippen LogP contribution is -2.09. The molecule has 0 aliphatic heterocycles. The minimum Gasteiger partial charge on any atom is -0.462 e. The summed E-state index contributed by atoms with van der Waals surface area (Å²) in [5.41, 5.74) is 4.44. The summed E-state index contributed by atoms with van der Waals surface area (Å²) in [5, 5.41) is 14.6. The molecule has 1 aromatic heterocycles. The van der Waals surface area contributed by atoms with Crippen LogP contribution in [0.5, 0.6) is 0 Å². The molecule has 0 atom stereocenters. The molecule has 0 radical (unpaired) electrons. The molecule has 3 aromatic rings. The molecule has 0 fully saturated rings. The van der Waals surface area contributed by atoms with E-state index < -0.39 is 0 Å². The van der Waals surface area contributed by atoms with Gasteiger partial charge in [-0.05, 0) is 43.0 Å². The number of ether oxygens (including phenoxy) is 1. The van der Waals surface area contributed by atoms with Crippen LogP contribution in [0.25, 0.3) is 0 Å². The van der Waals surface area contributed by atoms with Crippen molar-refractivity contribution >= 4 is 29.1 Å². The molecule has 2 aromatic carbocycles. The van der Waals surface area contributed by atoms with Crippen LogP contribution in [-0.4, -0.2) is 27.8 Å². The van der Waals surface area contributed by atoms with Crippen LogP contribution in [0.2, 0.25) is 0 Å². The van der Waals surface area contributed by atoms with Crippen molar-refractivity contribution in [1.82, 2.24) is 15.2 Å². The standard InChI is InChI=1S/C22H25N5O2/c1-4-15-10-9-11-16(5-2)20(15)26-22-25-19(14-23-27-22)24-18-13-8-7-12-17(18)21(28)29-6-3/h7-14H,4-6H2,1-3H3,(H2,24,25,26,27). The van der Waals surface area contributed by atoms with E-state index in [1.807, 2.05) is 6.07 Å². The lowest BCUT2D eigenvalue weighted by molar-refractivity contribution is 0.0527. The first kappa shape index (κ1) is 20.3. The van der Waals surface area contributed by atoms with Crippen LogP contribution < -0.4 is 10.6 Å². The molecule has 0 saturated heterocycles. The largest absolute Gasteiger partial charge is 0.462 e. The number of benzene rings is 2. The summed E-state index contributed by atoms with van der Waals surface area (Å²) in [6.45, 7) is 6.32. The van der Waals surface area contributed by atoms with Gasteiger partial charge < -0.3 is 15.4 Å². The third kappa shape index (κ3) is 4.87. The molecule has 1 heterocycles. The number of aryl methyl sites for hydroxylation is 2. The van der Waals surface area contributed by atoms with Gasteiger partial charge in [-0.1, -0.05) is 44.2 Å². The summed E-state index contributed by atoms with van der Waals surface area (Å²) in [4.78, 5) is 16.7. The Morgan fingerprint density at radius 2 is 1.69 bits per heavy atom. The molecule has 0 amide bonds. The number of anilines is 4. The molecular weight excluding hydrogens is 366 g/mol. The molecule has 0 aliphatic rings. The Bertz CT molecular complexity index is 968. The number of hydrogen-bond acceptors (Lipinski definition) is 7. The Morgan fingerprint density at radius 1 is 0.966 bits per heavy atom. The van der Waals surface area contributed by atoms with E-state index in [2.05, 4.69) is 57.9 Å². The van der Waals surface area contributed by atoms with Gasteiger partial charge in [0.2, 0.25) is 5.95 Å². The van der Waals surface area contributed by atoms with Gasteiger partial charge in [0, 0.05) is 5.69 Å². The molecule has 0 saturated carbocycles. The van der Waals surface area contributed by atoms with Gasteiger partial charge in [-0.25, -0.2) is 4.79 Å². The minimum absolute atomic E-state index is 0.312. The first-order valence-electron chi connectivity index (χ1n) is 9.76. The molecule has 0 spiro atoms. The molecule has 7 nitrogen and oxygen atoms in total. The Kier molecular flexibility index (Phi) is 6.73. The van der Waals surface area contributed by atoms with Crippen molar-refractivity contribution in [3.63, 3.8) is 0 Å². The maximum absolute atomic E-state index is 12.2. The van der Waals surface area contributed by atoms with Gasteiger partial charge in [-0.3, -0.25) is 0 Å². The van der Waals surface area contributed by atoms with E-state index in [0.717, 1.165) is 18.5 Å². The summed E-state index contributed by atoms with van der Waals surface area (Å²) in [6.07, 6.45) is 3.31. The zero-order valence-electron chi connectivity index (χ0n) is 16.9. The number of hydrogen-bond donors (Lipinski definition) is 2. The first-order chi connectivity index (χ1) is 14.2. The Hall–Kier alpha value is -3.48. The smallest absolute Gasteiger partial charge is 0.340 e. The highest BCUT2D eigenvalue weighted by atomic mass is 16.5. The lowest BCUT2D eigenvalue weighted by Gasteiger charge is -2.15. The Labute approximate surface area is 170 Å². The highest BCUT2D eigenvalue weighted by Gasteiger charge is 2.13. The van der Waals surface area contributed by atoms with E-state index in [-0.39, 0.29) is 5.97 Å². The van der Waals surface area contributed by atoms with Crippen molar-refractivity contribution in [2.75, 3.05) is 17.2 Å². The second-order valence-corrected chi connectivity index (χ2v) is 6.34. The highest BCUT2D eigenvalue weighted by Crippen LogP contribution is 2.26. The van der Waals surface area contributed by atoms with Crippen molar-refractivity contribution < 1.29 is 9.53 Å². The van der Waals surface area contributed by atoms with Gasteiger partial charge in [-0.2, -0.15) is 10.1 Å². The van der Waals surface area contributed by atoms with Crippen LogP contribution in [-0.2, 0) is 17.6 Å². The van der Waals surface area contributed by atoms with Crippen LogP contribution in [0.15, 0.2) is 48.7 Å². The molecule has 0 bridgehead atoms. The quantitative estimate of drug-likeness (QED) is 0.540. The number of nitrogens with zero attached hydrogens (tertiary/aromatic N) is 3. The second-order valence-electron chi connectivity index (χ2n) is 6.34. The SMILES string of the molecule is CCOC(=O)c1ccccc1Nc1cnnc(Nc2c(CC)cccc2CC)n1. The van der Waals surface area contributed by atoms with E-state index in [0.29, 0.717) is 29.6 Å². The summed E-state index contributed by atoms with van der Waals surface area (Å²) in [6, 6.07) is 13.4. The third-order valence-electron chi connectivity index (χ3n) is 4.48. The molecule has 0 unspecified atom stereocenters. The monoisotopic (exact) mass is 391 g/mol. The number of carbonyl (C=O) groups excluding carboxylic acids is 1. The summed E-state index contributed by atoms with van der Waals surface area (Å²) in [7, 11) is 0. The van der Waals surface area contributed by atoms with E-state index in [1.54, 1.807) is 25.1 Å². The van der Waals surface area contributed by atoms with Crippen LogP contribution in [0.4, 0.5) is 23.1 Å². The number of nitrogens with one attached hydrogen (secondary N) is 2. The Morgan fingerprint density at radius 3 is 2.38 bits per heavy atom. The van der Waals surface area contributed by atoms with E-state index in [1.165, 1.54) is 17.3 Å². The van der Waals surface area contributed by atoms with Gasteiger partial charge in [0.15, 0.2) is 5.82 Å². The van der Waals surface area contributed by atoms with Crippen molar-refractivity contribution in [2.24, 2.45) is 0 Å². The van der Waals surface area contributed by atoms with Gasteiger partial charge in [-0.15, -0.1) is 5.10 Å². The zero-order valence-corrected chi connectivity index (χ0v) is 16.9. The molecular formula is C22H25N5O2. The maximum atomic E-state index is 12.2. The van der Waals surface area contributed by atoms with Gasteiger partial charge in [0.05, 0.1) is 24.1 Å². The molecule has 7 heteroatoms. The van der Waals surface area contributed by atoms with Crippen molar-refractivity contribution in [1.29, 1.82) is 0 Å². The van der Waals surface area contributed by atoms with Gasteiger partial charge in [0.1, 0.15) is 0 Å². The topological polar surface area (TPSA) is 89.0 Å². The van der Waals surface area contributed by atoms with Crippen molar-refractivity contribution in [3.05, 3.63) is 65.4 Å². The van der Waals surface area contributed by atoms with E-state index >= 15 is 0 Å². The molecule has 3 rings (SSSR count). The fourth-order valence-corrected chi connectivity index (χ4v) is 3.05. The van der Waals surface area contributed by atoms with Crippen LogP contribution >= 0.6 is 0 Å². The average molecular weight is 391 g/mol. The summed E-state index contributed by atoms with van der Waals surface area (Å²) in [5.74, 6) is 0.478. The fraction of sp³-hybridized carbons (Fsp3) is 0.273. The number of para-hydroxylation sites is 2. The Balaban J connectivity index is 1.86. The summed E-state index contributed by atoms with van der Waals surface area (Å²) >= 11 is 0. The first-order valence-corrected chi connectivity index (χ1v) is 9.76. The van der Waals surface area contributed by atoms with Crippen molar-refractivity contribution in [2.45, 2.75) is 33.6 Å². The number of esters is 1. The average Bonchev–Trinajstić information content (AvgIpc) is 2.74. The molecule has 29 heavy (non-hydrogen) atoms. The predicted molar refractivity (Wildman–Crippen MR) is 114 cm³/mol. The minimum atomic E-state index is -0.388. The summed E-state index contributed by atoms with van der Waals surface area (Å²) < 4.78 is 5.12. The lowest BCUT2D eigenvalue weighted by atomic mass is 10.0. The second kappa shape index (κ2) is 9.64. The number of aromatic nitrogens is 3. The number of carbonyl (C=O) groups is 1. The number of rotatable bonds is 8. The predicted octanol–water partition coefficient (Wildman–Crippen LogP) is 4.66. The zero-order chi connectivity index (χ0) is 20.6. The highest BCUT2D eigenvalue weighted by molar-refractivity contribution is 5.96. The molecule has 0 aliphatic carbocycles. The third-order valence-corrected chi connectivity index (χ3v) is 4.48. The van der Waals surface area contributed by atoms with Gasteiger partial charge >= 0.3 is 5.97 Å². The maximum Gasteiger partial charge on any atom is 0.340 e. The normalized spacial score (nSPS) is 10.4. The fourth-order valence-electron chi connectivity index (χ4n) is 3.05. The molecule has 2 N–H and O–H groups in total. The van der Waals surface area contributed by atoms with E-state index in [4.69, 9.17) is 4.74 Å².